The number of aliphatic hydroxyl groups is 3. The molecule has 48 heavy (non-hydrogen) atoms. The second-order valence-corrected chi connectivity index (χ2v) is 11.6. The maximum absolute atomic E-state index is 14.4. The van der Waals surface area contributed by atoms with Crippen LogP contribution in [0.4, 0.5) is 0 Å². The van der Waals surface area contributed by atoms with E-state index in [1.807, 2.05) is 18.2 Å². The van der Waals surface area contributed by atoms with Crippen LogP contribution < -0.4 is 25.2 Å². The lowest BCUT2D eigenvalue weighted by atomic mass is 9.77. The molecule has 0 saturated heterocycles. The molecule has 2 amide bonds. The van der Waals surface area contributed by atoms with Gasteiger partial charge < -0.3 is 44.2 Å². The van der Waals surface area contributed by atoms with Gasteiger partial charge in [0.15, 0.2) is 11.5 Å². The molecule has 1 aliphatic heterocycles. The highest BCUT2D eigenvalue weighted by Crippen LogP contribution is 2.51. The number of para-hydroxylation sites is 1. The normalized spacial score (nSPS) is 19.5. The smallest absolute Gasteiger partial charge is 0.349 e. The number of fused-ring (bicyclic) bond motifs is 4. The van der Waals surface area contributed by atoms with Gasteiger partial charge in [-0.2, -0.15) is 0 Å². The molecule has 0 saturated carbocycles. The van der Waals surface area contributed by atoms with Crippen molar-refractivity contribution in [1.29, 1.82) is 0 Å². The van der Waals surface area contributed by atoms with Crippen LogP contribution in [0, 0.1) is 0 Å². The maximum Gasteiger partial charge on any atom is 0.349 e. The van der Waals surface area contributed by atoms with Gasteiger partial charge in [0.2, 0.25) is 5.91 Å². The molecule has 0 unspecified atom stereocenters. The Kier molecular flexibility index (Phi) is 9.49. The fraction of sp³-hybridized carbons (Fsp3) is 0.306. The van der Waals surface area contributed by atoms with E-state index in [4.69, 9.17) is 18.6 Å². The summed E-state index contributed by atoms with van der Waals surface area (Å²) in [6.45, 7) is -0.615. The first-order valence-corrected chi connectivity index (χ1v) is 15.5. The van der Waals surface area contributed by atoms with E-state index in [1.54, 1.807) is 49.6 Å². The van der Waals surface area contributed by atoms with Crippen LogP contribution in [0.3, 0.4) is 0 Å². The third kappa shape index (κ3) is 6.13. The Morgan fingerprint density at radius 1 is 0.979 bits per heavy atom. The van der Waals surface area contributed by atoms with Gasteiger partial charge in [0.05, 0.1) is 39.4 Å². The lowest BCUT2D eigenvalue weighted by Crippen LogP contribution is -2.56. The van der Waals surface area contributed by atoms with Gasteiger partial charge in [0.25, 0.3) is 5.91 Å². The molecule has 4 N–H and O–H groups in total. The van der Waals surface area contributed by atoms with Crippen molar-refractivity contribution in [3.8, 4) is 17.2 Å². The van der Waals surface area contributed by atoms with Crippen molar-refractivity contribution < 1.29 is 43.5 Å². The first kappa shape index (κ1) is 32.8. The standard InChI is InChI=1S/C36H36N2O10/c1-45-23-8-5-6-20(14-23)10-12-38(35(43)26-17-22-7-3-4-9-28(22)47-36(26)44)27-18-25(34(42)37-11-13-39)30-24-15-21(19-40)16-29(46-2)32(24)48-33(30)31(27)41/h3-9,14-18,27,30-31,33,39-41H,10-13,19H2,1-2H3,(H,37,42)/t27-,30+,31+,33+/m1/s1. The van der Waals surface area contributed by atoms with E-state index in [9.17, 15) is 29.7 Å². The zero-order chi connectivity index (χ0) is 33.9. The molecule has 0 radical (unpaired) electrons. The molecule has 0 fully saturated rings. The van der Waals surface area contributed by atoms with Gasteiger partial charge in [-0.1, -0.05) is 30.3 Å². The molecule has 2 heterocycles. The van der Waals surface area contributed by atoms with Crippen molar-refractivity contribution in [3.05, 3.63) is 111 Å². The highest BCUT2D eigenvalue weighted by Gasteiger charge is 2.51. The van der Waals surface area contributed by atoms with Gasteiger partial charge >= 0.3 is 5.63 Å². The average Bonchev–Trinajstić information content (AvgIpc) is 3.50. The number of hydrogen-bond donors (Lipinski definition) is 4. The monoisotopic (exact) mass is 656 g/mol. The summed E-state index contributed by atoms with van der Waals surface area (Å²) in [5.41, 5.74) is 1.29. The number of nitrogens with zero attached hydrogens (tertiary/aromatic N) is 1. The molecular formula is C36H36N2O10. The Balaban J connectivity index is 1.47. The Labute approximate surface area is 275 Å². The number of carbonyl (C=O) groups excluding carboxylic acids is 2. The van der Waals surface area contributed by atoms with Crippen LogP contribution >= 0.6 is 0 Å². The molecule has 3 aromatic carbocycles. The summed E-state index contributed by atoms with van der Waals surface area (Å²) in [7, 11) is 3.00. The number of benzene rings is 3. The average molecular weight is 657 g/mol. The number of aliphatic hydroxyl groups excluding tert-OH is 3. The minimum atomic E-state index is -1.37. The molecule has 4 aromatic rings. The van der Waals surface area contributed by atoms with Crippen LogP contribution in [0.2, 0.25) is 0 Å². The summed E-state index contributed by atoms with van der Waals surface area (Å²) in [4.78, 5) is 42.7. The molecule has 250 valence electrons. The summed E-state index contributed by atoms with van der Waals surface area (Å²) in [5.74, 6) is -0.809. The summed E-state index contributed by atoms with van der Waals surface area (Å²) >= 11 is 0. The van der Waals surface area contributed by atoms with E-state index >= 15 is 0 Å². The molecule has 1 aliphatic carbocycles. The van der Waals surface area contributed by atoms with Gasteiger partial charge in [-0.25, -0.2) is 4.79 Å². The van der Waals surface area contributed by atoms with Crippen LogP contribution in [-0.2, 0) is 17.8 Å². The molecule has 6 rings (SSSR count). The second kappa shape index (κ2) is 13.9. The van der Waals surface area contributed by atoms with E-state index < -0.39 is 41.6 Å². The van der Waals surface area contributed by atoms with Gasteiger partial charge in [0, 0.05) is 29.6 Å². The Morgan fingerprint density at radius 3 is 2.54 bits per heavy atom. The van der Waals surface area contributed by atoms with Crippen LogP contribution in [0.1, 0.15) is 33.0 Å². The molecule has 12 heteroatoms. The zero-order valence-corrected chi connectivity index (χ0v) is 26.4. The fourth-order valence-electron chi connectivity index (χ4n) is 6.45. The Morgan fingerprint density at radius 2 is 1.79 bits per heavy atom. The topological polar surface area (TPSA) is 168 Å². The van der Waals surface area contributed by atoms with Gasteiger partial charge in [0.1, 0.15) is 29.1 Å². The number of nitrogens with one attached hydrogen (secondary N) is 1. The molecule has 12 nitrogen and oxygen atoms in total. The van der Waals surface area contributed by atoms with Gasteiger partial charge in [-0.15, -0.1) is 0 Å². The maximum atomic E-state index is 14.4. The predicted octanol–water partition coefficient (Wildman–Crippen LogP) is 2.31. The quantitative estimate of drug-likeness (QED) is 0.176. The molecule has 0 spiro atoms. The second-order valence-electron chi connectivity index (χ2n) is 11.6. The van der Waals surface area contributed by atoms with Crippen LogP contribution in [0.25, 0.3) is 11.0 Å². The first-order chi connectivity index (χ1) is 23.3. The van der Waals surface area contributed by atoms with Crippen molar-refractivity contribution >= 4 is 22.8 Å². The van der Waals surface area contributed by atoms with Gasteiger partial charge in [-0.3, -0.25) is 9.59 Å². The third-order valence-electron chi connectivity index (χ3n) is 8.76. The van der Waals surface area contributed by atoms with Gasteiger partial charge in [-0.05, 0) is 60.0 Å². The summed E-state index contributed by atoms with van der Waals surface area (Å²) in [6.07, 6.45) is -0.594. The fourth-order valence-corrected chi connectivity index (χ4v) is 6.45. The van der Waals surface area contributed by atoms with Crippen molar-refractivity contribution in [2.24, 2.45) is 0 Å². The lowest BCUT2D eigenvalue weighted by Gasteiger charge is -2.40. The highest BCUT2D eigenvalue weighted by molar-refractivity contribution is 5.98. The van der Waals surface area contributed by atoms with Crippen LogP contribution in [-0.4, -0.2) is 84.2 Å². The van der Waals surface area contributed by atoms with Crippen molar-refractivity contribution in [2.45, 2.75) is 37.2 Å². The lowest BCUT2D eigenvalue weighted by molar-refractivity contribution is -0.118. The molecular weight excluding hydrogens is 620 g/mol. The number of methoxy groups -OCH3 is 2. The van der Waals surface area contributed by atoms with Crippen molar-refractivity contribution in [1.82, 2.24) is 10.2 Å². The summed E-state index contributed by atoms with van der Waals surface area (Å²) < 4.78 is 22.7. The highest BCUT2D eigenvalue weighted by atomic mass is 16.5. The Hall–Kier alpha value is -5.17. The number of rotatable bonds is 11. The van der Waals surface area contributed by atoms with E-state index in [2.05, 4.69) is 5.32 Å². The Bertz CT molecular complexity index is 1940. The van der Waals surface area contributed by atoms with E-state index in [0.717, 1.165) is 5.56 Å². The number of carbonyl (C=O) groups is 2. The third-order valence-corrected chi connectivity index (χ3v) is 8.76. The molecule has 2 aliphatic rings. The van der Waals surface area contributed by atoms with Crippen LogP contribution in [0.15, 0.2) is 87.6 Å². The number of hydrogen-bond acceptors (Lipinski definition) is 10. The largest absolute Gasteiger partial charge is 0.497 e. The van der Waals surface area contributed by atoms with E-state index in [-0.39, 0.29) is 37.4 Å². The summed E-state index contributed by atoms with van der Waals surface area (Å²) in [6, 6.07) is 17.8. The minimum Gasteiger partial charge on any atom is -0.497 e. The number of ether oxygens (including phenoxy) is 3. The zero-order valence-electron chi connectivity index (χ0n) is 26.4. The van der Waals surface area contributed by atoms with Crippen LogP contribution in [0.5, 0.6) is 17.2 Å². The molecule has 0 bridgehead atoms. The first-order valence-electron chi connectivity index (χ1n) is 15.5. The minimum absolute atomic E-state index is 0.0321. The van der Waals surface area contributed by atoms with Crippen molar-refractivity contribution in [3.63, 3.8) is 0 Å². The number of amides is 2. The SMILES string of the molecule is COc1cccc(CCN(C(=O)c2cc3ccccc3oc2=O)[C@@H]2C=C(C(=O)NCCO)[C@@H]3c4cc(CO)cc(OC)c4O[C@@H]3[C@H]2O)c1. The molecule has 4 atom stereocenters. The van der Waals surface area contributed by atoms with E-state index in [0.29, 0.717) is 45.8 Å². The van der Waals surface area contributed by atoms with Crippen molar-refractivity contribution in [2.75, 3.05) is 33.9 Å². The predicted molar refractivity (Wildman–Crippen MR) is 174 cm³/mol. The van der Waals surface area contributed by atoms with E-state index in [1.165, 1.54) is 24.2 Å². The summed E-state index contributed by atoms with van der Waals surface area (Å²) in [5, 5.41) is 34.6. The molecule has 1 aromatic heterocycles.